The van der Waals surface area contributed by atoms with Gasteiger partial charge in [0.25, 0.3) is 0 Å². The fraction of sp³-hybridized carbons (Fsp3) is 0.154. The Labute approximate surface area is 84.7 Å². The van der Waals surface area contributed by atoms with Gasteiger partial charge in [-0.15, -0.1) is 12.3 Å². The number of hydrogen-bond donors (Lipinski definition) is 1. The van der Waals surface area contributed by atoms with E-state index in [0.717, 1.165) is 17.6 Å². The van der Waals surface area contributed by atoms with E-state index < -0.39 is 0 Å². The number of phenolic OH excluding ortho intramolecular Hbond substituents is 1. The Morgan fingerprint density at radius 3 is 3.00 bits per heavy atom. The van der Waals surface area contributed by atoms with Crippen molar-refractivity contribution in [3.05, 3.63) is 54.3 Å². The van der Waals surface area contributed by atoms with Crippen LogP contribution in [-0.2, 0) is 0 Å². The van der Waals surface area contributed by atoms with Crippen LogP contribution in [0.2, 0.25) is 0 Å². The van der Waals surface area contributed by atoms with Crippen LogP contribution in [0.3, 0.4) is 0 Å². The van der Waals surface area contributed by atoms with Crippen LogP contribution in [0.4, 0.5) is 0 Å². The molecule has 0 saturated carbocycles. The van der Waals surface area contributed by atoms with Gasteiger partial charge in [-0.05, 0) is 42.7 Å². The molecule has 1 nitrogen and oxygen atoms in total. The Bertz CT molecular complexity index is 382. The Balaban J connectivity index is 2.94. The molecule has 0 spiro atoms. The minimum absolute atomic E-state index is 0.285. The Morgan fingerprint density at radius 2 is 2.36 bits per heavy atom. The molecule has 0 unspecified atom stereocenters. The molecule has 0 aromatic heterocycles. The van der Waals surface area contributed by atoms with Gasteiger partial charge in [0.05, 0.1) is 0 Å². The van der Waals surface area contributed by atoms with E-state index in [0.29, 0.717) is 0 Å². The van der Waals surface area contributed by atoms with Gasteiger partial charge in [-0.2, -0.15) is 0 Å². The lowest BCUT2D eigenvalue weighted by atomic mass is 10.1. The SMILES string of the molecule is C=CCC=C=C(C)c1cccc(O)c1. The zero-order valence-electron chi connectivity index (χ0n) is 8.33. The van der Waals surface area contributed by atoms with Crippen LogP contribution in [-0.4, -0.2) is 5.11 Å². The monoisotopic (exact) mass is 186 g/mol. The largest absolute Gasteiger partial charge is 0.508 e. The first kappa shape index (κ1) is 10.4. The molecule has 0 heterocycles. The van der Waals surface area contributed by atoms with Gasteiger partial charge in [0.2, 0.25) is 0 Å². The second-order valence-corrected chi connectivity index (χ2v) is 3.05. The molecule has 0 fully saturated rings. The number of rotatable bonds is 3. The van der Waals surface area contributed by atoms with Crippen molar-refractivity contribution >= 4 is 5.57 Å². The summed E-state index contributed by atoms with van der Waals surface area (Å²) in [6, 6.07) is 7.15. The van der Waals surface area contributed by atoms with Gasteiger partial charge < -0.3 is 5.11 Å². The summed E-state index contributed by atoms with van der Waals surface area (Å²) in [5, 5.41) is 9.27. The molecule has 0 aliphatic carbocycles. The molecule has 72 valence electrons. The quantitative estimate of drug-likeness (QED) is 0.565. The standard InChI is InChI=1S/C13H14O/c1-3-4-5-7-11(2)12-8-6-9-13(14)10-12/h3,5-6,8-10,14H,1,4H2,2H3. The van der Waals surface area contributed by atoms with E-state index in [1.807, 2.05) is 31.2 Å². The van der Waals surface area contributed by atoms with Gasteiger partial charge in [-0.1, -0.05) is 18.2 Å². The Hall–Kier alpha value is -1.72. The molecule has 0 saturated heterocycles. The maximum atomic E-state index is 9.27. The summed E-state index contributed by atoms with van der Waals surface area (Å²) in [6.45, 7) is 5.59. The predicted octanol–water partition coefficient (Wildman–Crippen LogP) is 3.53. The van der Waals surface area contributed by atoms with Crippen LogP contribution < -0.4 is 0 Å². The molecule has 0 aliphatic rings. The summed E-state index contributed by atoms with van der Waals surface area (Å²) in [7, 11) is 0. The van der Waals surface area contributed by atoms with Crippen LogP contribution in [0.25, 0.3) is 5.57 Å². The zero-order chi connectivity index (χ0) is 10.4. The molecular weight excluding hydrogens is 172 g/mol. The minimum atomic E-state index is 0.285. The maximum Gasteiger partial charge on any atom is 0.116 e. The van der Waals surface area contributed by atoms with E-state index in [9.17, 15) is 5.11 Å². The van der Waals surface area contributed by atoms with Gasteiger partial charge in [0.15, 0.2) is 0 Å². The third-order valence-corrected chi connectivity index (χ3v) is 1.88. The number of allylic oxidation sites excluding steroid dienone is 2. The van der Waals surface area contributed by atoms with E-state index in [-0.39, 0.29) is 5.75 Å². The van der Waals surface area contributed by atoms with Gasteiger partial charge in [-0.25, -0.2) is 0 Å². The smallest absolute Gasteiger partial charge is 0.116 e. The highest BCUT2D eigenvalue weighted by Crippen LogP contribution is 2.17. The summed E-state index contributed by atoms with van der Waals surface area (Å²) in [4.78, 5) is 0. The molecule has 1 aromatic rings. The Morgan fingerprint density at radius 1 is 1.57 bits per heavy atom. The zero-order valence-corrected chi connectivity index (χ0v) is 8.33. The third-order valence-electron chi connectivity index (χ3n) is 1.88. The molecule has 0 bridgehead atoms. The molecule has 0 radical (unpaired) electrons. The molecule has 0 amide bonds. The molecule has 0 aliphatic heterocycles. The predicted molar refractivity (Wildman–Crippen MR) is 60.1 cm³/mol. The number of phenols is 1. The van der Waals surface area contributed by atoms with Crippen LogP contribution in [0, 0.1) is 0 Å². The van der Waals surface area contributed by atoms with Gasteiger partial charge in [0, 0.05) is 0 Å². The number of aromatic hydroxyl groups is 1. The van der Waals surface area contributed by atoms with Crippen molar-refractivity contribution in [2.75, 3.05) is 0 Å². The third kappa shape index (κ3) is 2.96. The number of benzene rings is 1. The molecular formula is C13H14O. The van der Waals surface area contributed by atoms with E-state index in [4.69, 9.17) is 0 Å². The molecule has 1 aromatic carbocycles. The van der Waals surface area contributed by atoms with Crippen molar-refractivity contribution in [3.8, 4) is 5.75 Å². The minimum Gasteiger partial charge on any atom is -0.508 e. The van der Waals surface area contributed by atoms with E-state index >= 15 is 0 Å². The fourth-order valence-electron chi connectivity index (χ4n) is 1.12. The summed E-state index contributed by atoms with van der Waals surface area (Å²) in [6.07, 6.45) is 4.56. The average molecular weight is 186 g/mol. The van der Waals surface area contributed by atoms with Crippen LogP contribution in [0.5, 0.6) is 5.75 Å². The highest BCUT2D eigenvalue weighted by Gasteiger charge is 1.94. The van der Waals surface area contributed by atoms with Gasteiger partial charge >= 0.3 is 0 Å². The normalized spacial score (nSPS) is 8.93. The summed E-state index contributed by atoms with van der Waals surface area (Å²) >= 11 is 0. The molecule has 0 atom stereocenters. The summed E-state index contributed by atoms with van der Waals surface area (Å²) < 4.78 is 0. The van der Waals surface area contributed by atoms with Gasteiger partial charge in [0.1, 0.15) is 5.75 Å². The lowest BCUT2D eigenvalue weighted by Crippen LogP contribution is -1.76. The molecule has 1 N–H and O–H groups in total. The fourth-order valence-corrected chi connectivity index (χ4v) is 1.12. The average Bonchev–Trinajstić information content (AvgIpc) is 2.18. The van der Waals surface area contributed by atoms with Crippen molar-refractivity contribution in [2.24, 2.45) is 0 Å². The van der Waals surface area contributed by atoms with Crippen molar-refractivity contribution in [3.63, 3.8) is 0 Å². The lowest BCUT2D eigenvalue weighted by Gasteiger charge is -1.98. The van der Waals surface area contributed by atoms with Crippen molar-refractivity contribution in [1.82, 2.24) is 0 Å². The first-order valence-corrected chi connectivity index (χ1v) is 4.56. The van der Waals surface area contributed by atoms with E-state index in [1.54, 1.807) is 12.1 Å². The van der Waals surface area contributed by atoms with Crippen LogP contribution >= 0.6 is 0 Å². The first-order valence-electron chi connectivity index (χ1n) is 4.56. The highest BCUT2D eigenvalue weighted by atomic mass is 16.3. The van der Waals surface area contributed by atoms with Crippen molar-refractivity contribution in [2.45, 2.75) is 13.3 Å². The van der Waals surface area contributed by atoms with E-state index in [2.05, 4.69) is 12.3 Å². The molecule has 14 heavy (non-hydrogen) atoms. The van der Waals surface area contributed by atoms with Crippen LogP contribution in [0.1, 0.15) is 18.9 Å². The second-order valence-electron chi connectivity index (χ2n) is 3.05. The van der Waals surface area contributed by atoms with E-state index in [1.165, 1.54) is 0 Å². The molecule has 1 rings (SSSR count). The maximum absolute atomic E-state index is 9.27. The van der Waals surface area contributed by atoms with Crippen LogP contribution in [0.15, 0.2) is 48.7 Å². The van der Waals surface area contributed by atoms with Gasteiger partial charge in [-0.3, -0.25) is 0 Å². The lowest BCUT2D eigenvalue weighted by molar-refractivity contribution is 0.475. The Kier molecular flexibility index (Phi) is 3.78. The highest BCUT2D eigenvalue weighted by molar-refractivity contribution is 5.64. The second kappa shape index (κ2) is 5.11. The summed E-state index contributed by atoms with van der Waals surface area (Å²) in [5.41, 5.74) is 5.14. The van der Waals surface area contributed by atoms with Crippen molar-refractivity contribution < 1.29 is 5.11 Å². The first-order chi connectivity index (χ1) is 6.74. The topological polar surface area (TPSA) is 20.2 Å². The number of hydrogen-bond acceptors (Lipinski definition) is 1. The summed E-state index contributed by atoms with van der Waals surface area (Å²) in [5.74, 6) is 0.285. The van der Waals surface area contributed by atoms with Crippen molar-refractivity contribution in [1.29, 1.82) is 0 Å². The molecule has 1 heteroatoms.